The van der Waals surface area contributed by atoms with E-state index >= 15 is 0 Å². The molecule has 1 radical (unpaired) electrons. The lowest BCUT2D eigenvalue weighted by Crippen LogP contribution is -2.23. The molecule has 1 atom stereocenters. The second-order valence-electron chi connectivity index (χ2n) is 4.00. The maximum atomic E-state index is 13.0. The van der Waals surface area contributed by atoms with Crippen LogP contribution in [0.3, 0.4) is 0 Å². The van der Waals surface area contributed by atoms with Gasteiger partial charge in [-0.1, -0.05) is 60.7 Å². The zero-order chi connectivity index (χ0) is 13.7. The van der Waals surface area contributed by atoms with Crippen LogP contribution in [0.2, 0.25) is 0 Å². The predicted molar refractivity (Wildman–Crippen MR) is 66.2 cm³/mol. The minimum absolute atomic E-state index is 0.0854. The van der Waals surface area contributed by atoms with E-state index in [4.69, 9.17) is 4.74 Å². The van der Waals surface area contributed by atoms with Crippen LogP contribution in [-0.2, 0) is 4.74 Å². The van der Waals surface area contributed by atoms with E-state index < -0.39 is 12.3 Å². The molecule has 0 N–H and O–H groups in total. The van der Waals surface area contributed by atoms with E-state index in [1.807, 2.05) is 0 Å². The number of hydrogen-bond donors (Lipinski definition) is 0. The third-order valence-corrected chi connectivity index (χ3v) is 2.54. The molecule has 0 saturated heterocycles. The summed E-state index contributed by atoms with van der Waals surface area (Å²) in [6, 6.07) is 16.2. The smallest absolute Gasteiger partial charge is 0.353 e. The first-order chi connectivity index (χ1) is 9.07. The highest BCUT2D eigenvalue weighted by Gasteiger charge is 2.41. The molecule has 99 valence electrons. The molecule has 2 aromatic rings. The van der Waals surface area contributed by atoms with Crippen LogP contribution in [0, 0.1) is 6.61 Å². The summed E-state index contributed by atoms with van der Waals surface area (Å²) in [5, 5.41) is 0. The van der Waals surface area contributed by atoms with Crippen LogP contribution in [0.1, 0.15) is 17.2 Å². The summed E-state index contributed by atoms with van der Waals surface area (Å²) in [6.45, 7) is 1.13. The SMILES string of the molecule is FC(F)(F)C(O[CH]c1ccccc1)c1ccccc1. The minimum atomic E-state index is -4.45. The zero-order valence-electron chi connectivity index (χ0n) is 9.97. The second-order valence-corrected chi connectivity index (χ2v) is 4.00. The van der Waals surface area contributed by atoms with Crippen molar-refractivity contribution in [1.29, 1.82) is 0 Å². The van der Waals surface area contributed by atoms with Crippen LogP contribution in [-0.4, -0.2) is 6.18 Å². The molecule has 4 heteroatoms. The highest BCUT2D eigenvalue weighted by atomic mass is 19.4. The average molecular weight is 265 g/mol. The first-order valence-corrected chi connectivity index (χ1v) is 5.73. The van der Waals surface area contributed by atoms with E-state index in [0.29, 0.717) is 5.56 Å². The van der Waals surface area contributed by atoms with Crippen LogP contribution in [0.4, 0.5) is 13.2 Å². The summed E-state index contributed by atoms with van der Waals surface area (Å²) in [6.07, 6.45) is -6.40. The summed E-state index contributed by atoms with van der Waals surface area (Å²) < 4.78 is 43.8. The molecule has 0 saturated carbocycles. The maximum Gasteiger partial charge on any atom is 0.418 e. The Balaban J connectivity index is 2.12. The number of halogens is 3. The second kappa shape index (κ2) is 5.89. The fourth-order valence-electron chi connectivity index (χ4n) is 1.65. The van der Waals surface area contributed by atoms with Crippen molar-refractivity contribution in [3.05, 3.63) is 78.4 Å². The Hall–Kier alpha value is -1.81. The van der Waals surface area contributed by atoms with E-state index in [1.54, 1.807) is 48.5 Å². The van der Waals surface area contributed by atoms with E-state index in [0.717, 1.165) is 6.61 Å². The number of ether oxygens (including phenoxy) is 1. The molecule has 0 fully saturated rings. The van der Waals surface area contributed by atoms with Crippen LogP contribution >= 0.6 is 0 Å². The van der Waals surface area contributed by atoms with E-state index in [-0.39, 0.29) is 5.56 Å². The Kier molecular flexibility index (Phi) is 4.22. The Morgan fingerprint density at radius 3 is 1.89 bits per heavy atom. The molecule has 0 amide bonds. The molecule has 0 heterocycles. The molecular weight excluding hydrogens is 253 g/mol. The number of rotatable bonds is 4. The van der Waals surface area contributed by atoms with Gasteiger partial charge in [-0.25, -0.2) is 0 Å². The van der Waals surface area contributed by atoms with Gasteiger partial charge in [0.05, 0.1) is 0 Å². The van der Waals surface area contributed by atoms with Crippen molar-refractivity contribution < 1.29 is 17.9 Å². The Morgan fingerprint density at radius 2 is 1.37 bits per heavy atom. The summed E-state index contributed by atoms with van der Waals surface area (Å²) in [5.41, 5.74) is 0.676. The van der Waals surface area contributed by atoms with Crippen LogP contribution < -0.4 is 0 Å². The lowest BCUT2D eigenvalue weighted by atomic mass is 10.1. The molecule has 0 spiro atoms. The van der Waals surface area contributed by atoms with Gasteiger partial charge in [-0.15, -0.1) is 0 Å². The van der Waals surface area contributed by atoms with E-state index in [1.165, 1.54) is 12.1 Å². The van der Waals surface area contributed by atoms with Crippen molar-refractivity contribution >= 4 is 0 Å². The minimum Gasteiger partial charge on any atom is -0.353 e. The third kappa shape index (κ3) is 3.83. The first-order valence-electron chi connectivity index (χ1n) is 5.73. The summed E-state index contributed by atoms with van der Waals surface area (Å²) in [7, 11) is 0. The number of alkyl halides is 3. The first kappa shape index (κ1) is 13.6. The molecule has 2 rings (SSSR count). The van der Waals surface area contributed by atoms with Gasteiger partial charge in [-0.3, -0.25) is 0 Å². The summed E-state index contributed by atoms with van der Waals surface area (Å²) >= 11 is 0. The lowest BCUT2D eigenvalue weighted by molar-refractivity contribution is -0.213. The van der Waals surface area contributed by atoms with Gasteiger partial charge in [0, 0.05) is 0 Å². The average Bonchev–Trinajstić information content (AvgIpc) is 2.40. The highest BCUT2D eigenvalue weighted by molar-refractivity contribution is 5.22. The summed E-state index contributed by atoms with van der Waals surface area (Å²) in [4.78, 5) is 0. The van der Waals surface area contributed by atoms with Gasteiger partial charge >= 0.3 is 6.18 Å². The molecule has 0 aliphatic carbocycles. The van der Waals surface area contributed by atoms with E-state index in [2.05, 4.69) is 0 Å². The molecule has 0 aromatic heterocycles. The van der Waals surface area contributed by atoms with Crippen molar-refractivity contribution in [1.82, 2.24) is 0 Å². The zero-order valence-corrected chi connectivity index (χ0v) is 9.97. The Labute approximate surface area is 109 Å². The summed E-state index contributed by atoms with van der Waals surface area (Å²) in [5.74, 6) is 0. The maximum absolute atomic E-state index is 13.0. The van der Waals surface area contributed by atoms with Gasteiger partial charge in [0.2, 0.25) is 0 Å². The molecule has 0 aliphatic rings. The Bertz CT molecular complexity index is 494. The van der Waals surface area contributed by atoms with Gasteiger partial charge in [0.1, 0.15) is 6.61 Å². The van der Waals surface area contributed by atoms with Crippen LogP contribution in [0.5, 0.6) is 0 Å². The predicted octanol–water partition coefficient (Wildman–Crippen LogP) is 4.52. The van der Waals surface area contributed by atoms with Crippen molar-refractivity contribution in [2.75, 3.05) is 0 Å². The van der Waals surface area contributed by atoms with Crippen LogP contribution in [0.25, 0.3) is 0 Å². The molecule has 1 unspecified atom stereocenters. The van der Waals surface area contributed by atoms with Gasteiger partial charge < -0.3 is 4.74 Å². The normalized spacial score (nSPS) is 13.2. The largest absolute Gasteiger partial charge is 0.418 e. The number of benzene rings is 2. The van der Waals surface area contributed by atoms with Crippen molar-refractivity contribution in [2.45, 2.75) is 12.3 Å². The van der Waals surface area contributed by atoms with E-state index in [9.17, 15) is 13.2 Å². The molecule has 1 nitrogen and oxygen atoms in total. The molecule has 0 bridgehead atoms. The van der Waals surface area contributed by atoms with Crippen molar-refractivity contribution in [3.63, 3.8) is 0 Å². The molecule has 0 aliphatic heterocycles. The third-order valence-electron chi connectivity index (χ3n) is 2.54. The molecule has 19 heavy (non-hydrogen) atoms. The fraction of sp³-hybridized carbons (Fsp3) is 0.133. The fourth-order valence-corrected chi connectivity index (χ4v) is 1.65. The van der Waals surface area contributed by atoms with Gasteiger partial charge in [0.25, 0.3) is 0 Å². The van der Waals surface area contributed by atoms with Crippen molar-refractivity contribution in [2.24, 2.45) is 0 Å². The highest BCUT2D eigenvalue weighted by Crippen LogP contribution is 2.36. The monoisotopic (exact) mass is 265 g/mol. The number of hydrogen-bond acceptors (Lipinski definition) is 1. The standard InChI is InChI=1S/C15H12F3O/c16-15(17,18)14(13-9-5-2-6-10-13)19-11-12-7-3-1-4-8-12/h1-11,14H. The van der Waals surface area contributed by atoms with Gasteiger partial charge in [0.15, 0.2) is 6.10 Å². The molecular formula is C15H12F3O. The topological polar surface area (TPSA) is 9.23 Å². The van der Waals surface area contributed by atoms with Crippen molar-refractivity contribution in [3.8, 4) is 0 Å². The lowest BCUT2D eigenvalue weighted by Gasteiger charge is -2.20. The van der Waals surface area contributed by atoms with Crippen LogP contribution in [0.15, 0.2) is 60.7 Å². The van der Waals surface area contributed by atoms with Gasteiger partial charge in [-0.2, -0.15) is 13.2 Å². The quantitative estimate of drug-likeness (QED) is 0.790. The Morgan fingerprint density at radius 1 is 0.842 bits per heavy atom. The molecule has 2 aromatic carbocycles. The van der Waals surface area contributed by atoms with Gasteiger partial charge in [-0.05, 0) is 11.1 Å².